The molecule has 1 aromatic heterocycles. The normalized spacial score (nSPS) is 15.2. The van der Waals surface area contributed by atoms with Gasteiger partial charge in [0.05, 0.1) is 23.1 Å². The maximum absolute atomic E-state index is 13.2. The van der Waals surface area contributed by atoms with E-state index in [1.54, 1.807) is 36.4 Å². The zero-order valence-electron chi connectivity index (χ0n) is 16.6. The summed E-state index contributed by atoms with van der Waals surface area (Å²) in [5.41, 5.74) is 1.05. The van der Waals surface area contributed by atoms with Crippen molar-refractivity contribution in [3.05, 3.63) is 65.9 Å². The molecule has 1 aliphatic heterocycles. The van der Waals surface area contributed by atoms with E-state index in [2.05, 4.69) is 0 Å². The average molecular weight is 426 g/mol. The molecule has 156 valence electrons. The predicted octanol–water partition coefficient (Wildman–Crippen LogP) is 3.29. The Hall–Kier alpha value is -2.97. The minimum absolute atomic E-state index is 0.0971. The molecule has 2 heterocycles. The average Bonchev–Trinajstić information content (AvgIpc) is 3.18. The summed E-state index contributed by atoms with van der Waals surface area (Å²) in [5, 5.41) is 0.592. The monoisotopic (exact) mass is 426 g/mol. The van der Waals surface area contributed by atoms with Gasteiger partial charge in [0.1, 0.15) is 0 Å². The van der Waals surface area contributed by atoms with E-state index in [0.29, 0.717) is 24.0 Å². The van der Waals surface area contributed by atoms with Crippen molar-refractivity contribution in [1.82, 2.24) is 8.87 Å². The Morgan fingerprint density at radius 1 is 0.967 bits per heavy atom. The van der Waals surface area contributed by atoms with E-state index in [1.165, 1.54) is 34.3 Å². The van der Waals surface area contributed by atoms with Crippen LogP contribution in [0.1, 0.15) is 40.0 Å². The first kappa shape index (κ1) is 20.3. The third kappa shape index (κ3) is 3.53. The first-order valence-electron chi connectivity index (χ1n) is 9.77. The number of carbonyl (C=O) groups excluding carboxylic acids is 2. The molecule has 0 atom stereocenters. The number of hydrogen-bond donors (Lipinski definition) is 0. The molecule has 0 unspecified atom stereocenters. The van der Waals surface area contributed by atoms with Crippen molar-refractivity contribution in [2.24, 2.45) is 0 Å². The third-order valence-electron chi connectivity index (χ3n) is 5.37. The summed E-state index contributed by atoms with van der Waals surface area (Å²) in [7, 11) is -2.37. The lowest BCUT2D eigenvalue weighted by Gasteiger charge is -2.26. The van der Waals surface area contributed by atoms with Crippen LogP contribution in [0.15, 0.2) is 59.6 Å². The van der Waals surface area contributed by atoms with E-state index in [4.69, 9.17) is 4.74 Å². The number of nitrogens with zero attached hydrogens (tertiary/aromatic N) is 2. The van der Waals surface area contributed by atoms with Gasteiger partial charge in [-0.3, -0.25) is 9.36 Å². The standard InChI is InChI=1S/C22H22N2O5S/c1-29-22(26)19-15-24(20-11-4-3-10-18(19)20)21(25)16-8-7-9-17(14-16)30(27,28)23-12-5-2-6-13-23/h3-4,7-11,14-15H,2,5-6,12-13H2,1H3. The second-order valence-corrected chi connectivity index (χ2v) is 9.16. The molecule has 0 aliphatic carbocycles. The number of para-hydroxylation sites is 1. The van der Waals surface area contributed by atoms with Crippen molar-refractivity contribution in [2.75, 3.05) is 20.2 Å². The van der Waals surface area contributed by atoms with Gasteiger partial charge in [0.25, 0.3) is 5.91 Å². The van der Waals surface area contributed by atoms with Crippen LogP contribution < -0.4 is 0 Å². The summed E-state index contributed by atoms with van der Waals surface area (Å²) in [6.07, 6.45) is 4.13. The zero-order chi connectivity index (χ0) is 21.3. The Morgan fingerprint density at radius 3 is 2.43 bits per heavy atom. The number of piperidine rings is 1. The quantitative estimate of drug-likeness (QED) is 0.598. The van der Waals surface area contributed by atoms with Crippen LogP contribution in [-0.4, -0.2) is 49.4 Å². The number of carbonyl (C=O) groups is 2. The molecule has 4 rings (SSSR count). The van der Waals surface area contributed by atoms with Crippen LogP contribution in [-0.2, 0) is 14.8 Å². The van der Waals surface area contributed by atoms with Gasteiger partial charge >= 0.3 is 5.97 Å². The fourth-order valence-corrected chi connectivity index (χ4v) is 5.37. The van der Waals surface area contributed by atoms with E-state index in [9.17, 15) is 18.0 Å². The van der Waals surface area contributed by atoms with E-state index < -0.39 is 21.9 Å². The van der Waals surface area contributed by atoms with E-state index >= 15 is 0 Å². The molecule has 0 amide bonds. The summed E-state index contributed by atoms with van der Waals surface area (Å²) < 4.78 is 33.6. The Morgan fingerprint density at radius 2 is 1.70 bits per heavy atom. The molecular weight excluding hydrogens is 404 g/mol. The highest BCUT2D eigenvalue weighted by Crippen LogP contribution is 2.25. The topological polar surface area (TPSA) is 85.7 Å². The Labute approximate surface area is 174 Å². The van der Waals surface area contributed by atoms with Crippen molar-refractivity contribution in [1.29, 1.82) is 0 Å². The minimum Gasteiger partial charge on any atom is -0.465 e. The number of aromatic nitrogens is 1. The SMILES string of the molecule is COC(=O)c1cn(C(=O)c2cccc(S(=O)(=O)N3CCCCC3)c2)c2ccccc12. The Balaban J connectivity index is 1.75. The van der Waals surface area contributed by atoms with Crippen molar-refractivity contribution in [2.45, 2.75) is 24.2 Å². The summed E-state index contributed by atoms with van der Waals surface area (Å²) in [6.45, 7) is 0.983. The van der Waals surface area contributed by atoms with Gasteiger partial charge in [0, 0.05) is 30.2 Å². The highest BCUT2D eigenvalue weighted by Gasteiger charge is 2.27. The summed E-state index contributed by atoms with van der Waals surface area (Å²) in [5.74, 6) is -0.962. The van der Waals surface area contributed by atoms with Gasteiger partial charge in [-0.15, -0.1) is 0 Å². The predicted molar refractivity (Wildman–Crippen MR) is 112 cm³/mol. The lowest BCUT2D eigenvalue weighted by Crippen LogP contribution is -2.35. The highest BCUT2D eigenvalue weighted by atomic mass is 32.2. The lowest BCUT2D eigenvalue weighted by atomic mass is 10.2. The molecule has 0 saturated carbocycles. The second-order valence-electron chi connectivity index (χ2n) is 7.22. The van der Waals surface area contributed by atoms with Crippen LogP contribution in [0, 0.1) is 0 Å². The zero-order valence-corrected chi connectivity index (χ0v) is 17.4. The van der Waals surface area contributed by atoms with Gasteiger partial charge in [-0.05, 0) is 37.1 Å². The third-order valence-corrected chi connectivity index (χ3v) is 7.26. The van der Waals surface area contributed by atoms with E-state index in [0.717, 1.165) is 19.3 Å². The molecule has 1 saturated heterocycles. The molecule has 30 heavy (non-hydrogen) atoms. The van der Waals surface area contributed by atoms with Gasteiger partial charge in [0.2, 0.25) is 10.0 Å². The molecule has 7 nitrogen and oxygen atoms in total. The van der Waals surface area contributed by atoms with Crippen LogP contribution >= 0.6 is 0 Å². The van der Waals surface area contributed by atoms with Crippen molar-refractivity contribution < 1.29 is 22.7 Å². The molecule has 0 spiro atoms. The van der Waals surface area contributed by atoms with Gasteiger partial charge in [-0.25, -0.2) is 13.2 Å². The van der Waals surface area contributed by atoms with Crippen LogP contribution in [0.3, 0.4) is 0 Å². The lowest BCUT2D eigenvalue weighted by molar-refractivity contribution is 0.0603. The number of methoxy groups -OCH3 is 1. The van der Waals surface area contributed by atoms with Gasteiger partial charge in [-0.1, -0.05) is 30.7 Å². The molecule has 0 N–H and O–H groups in total. The summed E-state index contributed by atoms with van der Waals surface area (Å²) >= 11 is 0. The van der Waals surface area contributed by atoms with Crippen molar-refractivity contribution in [3.63, 3.8) is 0 Å². The number of benzene rings is 2. The number of hydrogen-bond acceptors (Lipinski definition) is 5. The molecule has 1 aliphatic rings. The fourth-order valence-electron chi connectivity index (χ4n) is 3.80. The van der Waals surface area contributed by atoms with Crippen LogP contribution in [0.2, 0.25) is 0 Å². The van der Waals surface area contributed by atoms with Gasteiger partial charge < -0.3 is 4.74 Å². The Bertz CT molecular complexity index is 1220. The minimum atomic E-state index is -3.66. The molecule has 0 bridgehead atoms. The highest BCUT2D eigenvalue weighted by molar-refractivity contribution is 7.89. The number of esters is 1. The van der Waals surface area contributed by atoms with Crippen molar-refractivity contribution >= 4 is 32.8 Å². The molecule has 8 heteroatoms. The largest absolute Gasteiger partial charge is 0.465 e. The second kappa shape index (κ2) is 8.04. The number of ether oxygens (including phenoxy) is 1. The number of rotatable bonds is 4. The smallest absolute Gasteiger partial charge is 0.340 e. The van der Waals surface area contributed by atoms with Crippen molar-refractivity contribution in [3.8, 4) is 0 Å². The van der Waals surface area contributed by atoms with Gasteiger partial charge in [-0.2, -0.15) is 4.31 Å². The van der Waals surface area contributed by atoms with Crippen LogP contribution in [0.4, 0.5) is 0 Å². The molecular formula is C22H22N2O5S. The van der Waals surface area contributed by atoms with E-state index in [1.807, 2.05) is 0 Å². The van der Waals surface area contributed by atoms with Crippen LogP contribution in [0.25, 0.3) is 10.9 Å². The number of sulfonamides is 1. The first-order valence-corrected chi connectivity index (χ1v) is 11.2. The van der Waals surface area contributed by atoms with Crippen LogP contribution in [0.5, 0.6) is 0 Å². The first-order chi connectivity index (χ1) is 14.4. The molecule has 1 fully saturated rings. The number of fused-ring (bicyclic) bond motifs is 1. The molecule has 0 radical (unpaired) electrons. The molecule has 2 aromatic carbocycles. The van der Waals surface area contributed by atoms with Gasteiger partial charge in [0.15, 0.2) is 0 Å². The molecule has 3 aromatic rings. The fraction of sp³-hybridized carbons (Fsp3) is 0.273. The maximum atomic E-state index is 13.2. The summed E-state index contributed by atoms with van der Waals surface area (Å²) in [4.78, 5) is 25.5. The van der Waals surface area contributed by atoms with E-state index in [-0.39, 0.29) is 16.0 Å². The Kier molecular flexibility index (Phi) is 5.44. The summed E-state index contributed by atoms with van der Waals surface area (Å²) in [6, 6.07) is 13.1. The maximum Gasteiger partial charge on any atom is 0.340 e.